The standard InChI is InChI=1S/C13H22N2O4S/c1-2-20(18,19)9-5-8-15-10-11(16)14-13(12(15)17)6-3-4-7-13/h2-10H2,1H3,(H,14,16). The van der Waals surface area contributed by atoms with Crippen molar-refractivity contribution in [3.05, 3.63) is 0 Å². The van der Waals surface area contributed by atoms with E-state index in [0.29, 0.717) is 25.8 Å². The van der Waals surface area contributed by atoms with Crippen molar-refractivity contribution < 1.29 is 18.0 Å². The van der Waals surface area contributed by atoms with Crippen molar-refractivity contribution in [2.24, 2.45) is 0 Å². The van der Waals surface area contributed by atoms with Gasteiger partial charge in [0, 0.05) is 12.3 Å². The van der Waals surface area contributed by atoms with Gasteiger partial charge in [0.25, 0.3) is 0 Å². The largest absolute Gasteiger partial charge is 0.340 e. The molecule has 0 bridgehead atoms. The highest BCUT2D eigenvalue weighted by atomic mass is 32.2. The van der Waals surface area contributed by atoms with Crippen molar-refractivity contribution >= 4 is 21.7 Å². The van der Waals surface area contributed by atoms with Crippen LogP contribution in [-0.4, -0.2) is 55.3 Å². The smallest absolute Gasteiger partial charge is 0.248 e. The van der Waals surface area contributed by atoms with Gasteiger partial charge in [0.1, 0.15) is 15.4 Å². The summed E-state index contributed by atoms with van der Waals surface area (Å²) in [6.45, 7) is 2.00. The molecule has 1 spiro atoms. The summed E-state index contributed by atoms with van der Waals surface area (Å²) in [5, 5.41) is 2.84. The zero-order chi connectivity index (χ0) is 14.8. The second kappa shape index (κ2) is 5.71. The van der Waals surface area contributed by atoms with Crippen molar-refractivity contribution in [2.75, 3.05) is 24.6 Å². The third kappa shape index (κ3) is 3.13. The molecular formula is C13H22N2O4S. The molecule has 1 aliphatic carbocycles. The fraction of sp³-hybridized carbons (Fsp3) is 0.846. The number of amides is 2. The van der Waals surface area contributed by atoms with Crippen molar-refractivity contribution in [1.29, 1.82) is 0 Å². The minimum atomic E-state index is -3.02. The molecule has 7 heteroatoms. The van der Waals surface area contributed by atoms with E-state index in [1.165, 1.54) is 4.90 Å². The van der Waals surface area contributed by atoms with Gasteiger partial charge in [-0.3, -0.25) is 9.59 Å². The Hall–Kier alpha value is -1.11. The number of nitrogens with one attached hydrogen (secondary N) is 1. The van der Waals surface area contributed by atoms with Crippen LogP contribution in [0.3, 0.4) is 0 Å². The summed E-state index contributed by atoms with van der Waals surface area (Å²) >= 11 is 0. The van der Waals surface area contributed by atoms with E-state index in [-0.39, 0.29) is 29.9 Å². The molecule has 1 N–H and O–H groups in total. The molecule has 6 nitrogen and oxygen atoms in total. The lowest BCUT2D eigenvalue weighted by Gasteiger charge is -2.39. The first-order valence-corrected chi connectivity index (χ1v) is 9.01. The van der Waals surface area contributed by atoms with Gasteiger partial charge in [0.15, 0.2) is 0 Å². The molecule has 1 saturated heterocycles. The number of sulfone groups is 1. The summed E-state index contributed by atoms with van der Waals surface area (Å²) in [6, 6.07) is 0. The van der Waals surface area contributed by atoms with E-state index in [4.69, 9.17) is 0 Å². The summed E-state index contributed by atoms with van der Waals surface area (Å²) in [5.41, 5.74) is -0.709. The maximum atomic E-state index is 12.5. The van der Waals surface area contributed by atoms with Gasteiger partial charge in [0.05, 0.1) is 12.3 Å². The van der Waals surface area contributed by atoms with Crippen LogP contribution in [0.25, 0.3) is 0 Å². The molecule has 0 aromatic heterocycles. The number of piperazine rings is 1. The number of hydrogen-bond donors (Lipinski definition) is 1. The Morgan fingerprint density at radius 1 is 1.25 bits per heavy atom. The van der Waals surface area contributed by atoms with E-state index in [1.807, 2.05) is 0 Å². The Kier molecular flexibility index (Phi) is 4.36. The SMILES string of the molecule is CCS(=O)(=O)CCCN1CC(=O)NC2(CCCC2)C1=O. The number of nitrogens with zero attached hydrogens (tertiary/aromatic N) is 1. The average molecular weight is 302 g/mol. The fourth-order valence-electron chi connectivity index (χ4n) is 3.03. The first-order chi connectivity index (χ1) is 9.38. The van der Waals surface area contributed by atoms with Crippen molar-refractivity contribution in [1.82, 2.24) is 10.2 Å². The summed E-state index contributed by atoms with van der Waals surface area (Å²) in [6.07, 6.45) is 3.68. The molecule has 2 amide bonds. The van der Waals surface area contributed by atoms with E-state index in [0.717, 1.165) is 12.8 Å². The lowest BCUT2D eigenvalue weighted by atomic mass is 9.93. The third-order valence-electron chi connectivity index (χ3n) is 4.19. The van der Waals surface area contributed by atoms with E-state index in [9.17, 15) is 18.0 Å². The lowest BCUT2D eigenvalue weighted by molar-refractivity contribution is -0.149. The second-order valence-electron chi connectivity index (χ2n) is 5.65. The quantitative estimate of drug-likeness (QED) is 0.780. The number of hydrogen-bond acceptors (Lipinski definition) is 4. The van der Waals surface area contributed by atoms with Crippen LogP contribution in [0.15, 0.2) is 0 Å². The highest BCUT2D eigenvalue weighted by molar-refractivity contribution is 7.91. The summed E-state index contributed by atoms with van der Waals surface area (Å²) in [4.78, 5) is 25.8. The molecule has 0 unspecified atom stereocenters. The van der Waals surface area contributed by atoms with Gasteiger partial charge in [-0.25, -0.2) is 8.42 Å². The van der Waals surface area contributed by atoms with Crippen LogP contribution < -0.4 is 5.32 Å². The number of rotatable bonds is 5. The molecule has 0 radical (unpaired) electrons. The van der Waals surface area contributed by atoms with Crippen molar-refractivity contribution in [2.45, 2.75) is 44.6 Å². The molecular weight excluding hydrogens is 280 g/mol. The molecule has 1 saturated carbocycles. The highest BCUT2D eigenvalue weighted by Gasteiger charge is 2.47. The Morgan fingerprint density at radius 3 is 2.50 bits per heavy atom. The molecule has 2 aliphatic rings. The Balaban J connectivity index is 1.97. The monoisotopic (exact) mass is 302 g/mol. The minimum Gasteiger partial charge on any atom is -0.340 e. The lowest BCUT2D eigenvalue weighted by Crippen LogP contribution is -2.65. The van der Waals surface area contributed by atoms with E-state index in [1.54, 1.807) is 6.92 Å². The first-order valence-electron chi connectivity index (χ1n) is 7.19. The van der Waals surface area contributed by atoms with E-state index >= 15 is 0 Å². The third-order valence-corrected chi connectivity index (χ3v) is 5.98. The predicted molar refractivity (Wildman–Crippen MR) is 74.9 cm³/mol. The van der Waals surface area contributed by atoms with Gasteiger partial charge >= 0.3 is 0 Å². The van der Waals surface area contributed by atoms with Crippen LogP contribution in [0.2, 0.25) is 0 Å². The van der Waals surface area contributed by atoms with Crippen LogP contribution in [0.1, 0.15) is 39.0 Å². The van der Waals surface area contributed by atoms with Crippen molar-refractivity contribution in [3.8, 4) is 0 Å². The van der Waals surface area contributed by atoms with Gasteiger partial charge in [-0.05, 0) is 19.3 Å². The molecule has 1 aliphatic heterocycles. The number of carbonyl (C=O) groups excluding carboxylic acids is 2. The van der Waals surface area contributed by atoms with E-state index in [2.05, 4.69) is 5.32 Å². The Bertz CT molecular complexity index is 495. The van der Waals surface area contributed by atoms with Crippen LogP contribution in [0.4, 0.5) is 0 Å². The van der Waals surface area contributed by atoms with Gasteiger partial charge < -0.3 is 10.2 Å². The molecule has 114 valence electrons. The maximum absolute atomic E-state index is 12.5. The maximum Gasteiger partial charge on any atom is 0.248 e. The van der Waals surface area contributed by atoms with Gasteiger partial charge in [-0.1, -0.05) is 19.8 Å². The predicted octanol–water partition coefficient (Wildman–Crippen LogP) is 0.0824. The summed E-state index contributed by atoms with van der Waals surface area (Å²) in [7, 11) is -3.02. The molecule has 1 heterocycles. The zero-order valence-electron chi connectivity index (χ0n) is 11.9. The Labute approximate surface area is 119 Å². The molecule has 0 aromatic carbocycles. The molecule has 2 rings (SSSR count). The topological polar surface area (TPSA) is 83.6 Å². The Morgan fingerprint density at radius 2 is 1.90 bits per heavy atom. The number of carbonyl (C=O) groups is 2. The fourth-order valence-corrected chi connectivity index (χ4v) is 3.88. The van der Waals surface area contributed by atoms with Gasteiger partial charge in [-0.2, -0.15) is 0 Å². The highest BCUT2D eigenvalue weighted by Crippen LogP contribution is 2.33. The van der Waals surface area contributed by atoms with Gasteiger partial charge in [0.2, 0.25) is 11.8 Å². The van der Waals surface area contributed by atoms with Crippen LogP contribution >= 0.6 is 0 Å². The minimum absolute atomic E-state index is 0.0384. The summed E-state index contributed by atoms with van der Waals surface area (Å²) < 4.78 is 22.9. The molecule has 0 atom stereocenters. The normalized spacial score (nSPS) is 22.4. The van der Waals surface area contributed by atoms with Crippen LogP contribution in [-0.2, 0) is 19.4 Å². The molecule has 2 fully saturated rings. The summed E-state index contributed by atoms with van der Waals surface area (Å²) in [5.74, 6) is 0.0149. The second-order valence-corrected chi connectivity index (χ2v) is 8.13. The first kappa shape index (κ1) is 15.3. The van der Waals surface area contributed by atoms with Crippen LogP contribution in [0, 0.1) is 0 Å². The van der Waals surface area contributed by atoms with Crippen LogP contribution in [0.5, 0.6) is 0 Å². The van der Waals surface area contributed by atoms with Crippen molar-refractivity contribution in [3.63, 3.8) is 0 Å². The molecule has 0 aromatic rings. The van der Waals surface area contributed by atoms with Gasteiger partial charge in [-0.15, -0.1) is 0 Å². The molecule has 20 heavy (non-hydrogen) atoms. The zero-order valence-corrected chi connectivity index (χ0v) is 12.7. The van der Waals surface area contributed by atoms with E-state index < -0.39 is 15.4 Å². The average Bonchev–Trinajstić information content (AvgIpc) is 2.84.